The number of urea groups is 1. The van der Waals surface area contributed by atoms with Crippen molar-refractivity contribution in [2.75, 3.05) is 13.7 Å². The topological polar surface area (TPSA) is 108 Å². The molecule has 0 aromatic heterocycles. The number of nitrogens with zero attached hydrogens (tertiary/aromatic N) is 1. The van der Waals surface area contributed by atoms with Gasteiger partial charge in [-0.2, -0.15) is 0 Å². The molecule has 1 fully saturated rings. The summed E-state index contributed by atoms with van der Waals surface area (Å²) >= 11 is 0. The Morgan fingerprint density at radius 3 is 2.84 bits per heavy atom. The molecule has 134 valence electrons. The zero-order valence-corrected chi connectivity index (χ0v) is 13.9. The van der Waals surface area contributed by atoms with Crippen molar-refractivity contribution in [2.24, 2.45) is 0 Å². The van der Waals surface area contributed by atoms with Crippen LogP contribution in [0.4, 0.5) is 4.79 Å². The van der Waals surface area contributed by atoms with E-state index >= 15 is 0 Å². The van der Waals surface area contributed by atoms with Gasteiger partial charge in [-0.3, -0.25) is 19.7 Å². The van der Waals surface area contributed by atoms with Gasteiger partial charge in [-0.15, -0.1) is 0 Å². The standard InChI is InChI=1S/C17H21N3O5/c1-25-13-7-5-6-12(10-13)11-14-16(22)20(17(23)18-14)9-4-2-3-8-15(21)19-24/h5-7,10-11,24H,2-4,8-9H2,1H3,(H,18,23)(H,19,21). The number of unbranched alkanes of at least 4 members (excludes halogenated alkanes) is 2. The highest BCUT2D eigenvalue weighted by Gasteiger charge is 2.32. The number of ether oxygens (including phenoxy) is 1. The summed E-state index contributed by atoms with van der Waals surface area (Å²) in [4.78, 5) is 36.3. The van der Waals surface area contributed by atoms with Gasteiger partial charge in [0.25, 0.3) is 5.91 Å². The number of carbonyl (C=O) groups excluding carboxylic acids is 3. The minimum atomic E-state index is -0.452. The molecule has 1 saturated heterocycles. The molecule has 0 saturated carbocycles. The highest BCUT2D eigenvalue weighted by molar-refractivity contribution is 6.13. The summed E-state index contributed by atoms with van der Waals surface area (Å²) in [6.07, 6.45) is 3.64. The molecule has 0 bridgehead atoms. The van der Waals surface area contributed by atoms with Gasteiger partial charge in [0.2, 0.25) is 5.91 Å². The molecule has 0 atom stereocenters. The number of methoxy groups -OCH3 is 1. The first kappa shape index (κ1) is 18.5. The van der Waals surface area contributed by atoms with Gasteiger partial charge in [-0.25, -0.2) is 10.3 Å². The molecule has 8 heteroatoms. The molecule has 1 aromatic carbocycles. The SMILES string of the molecule is COc1cccc(C=C2NC(=O)N(CCCCCC(=O)NO)C2=O)c1. The zero-order valence-electron chi connectivity index (χ0n) is 13.9. The third kappa shape index (κ3) is 5.05. The molecule has 4 amide bonds. The fourth-order valence-electron chi connectivity index (χ4n) is 2.46. The Kier molecular flexibility index (Phi) is 6.53. The predicted octanol–water partition coefficient (Wildman–Crippen LogP) is 1.65. The number of carbonyl (C=O) groups is 3. The number of hydrogen-bond donors (Lipinski definition) is 3. The quantitative estimate of drug-likeness (QED) is 0.218. The number of hydrogen-bond acceptors (Lipinski definition) is 5. The molecule has 25 heavy (non-hydrogen) atoms. The smallest absolute Gasteiger partial charge is 0.329 e. The fourth-order valence-corrected chi connectivity index (χ4v) is 2.46. The van der Waals surface area contributed by atoms with E-state index in [-0.39, 0.29) is 24.6 Å². The Balaban J connectivity index is 1.90. The largest absolute Gasteiger partial charge is 0.497 e. The summed E-state index contributed by atoms with van der Waals surface area (Å²) < 4.78 is 5.13. The van der Waals surface area contributed by atoms with E-state index in [2.05, 4.69) is 5.32 Å². The lowest BCUT2D eigenvalue weighted by Crippen LogP contribution is -2.31. The summed E-state index contributed by atoms with van der Waals surface area (Å²) in [5.74, 6) is -0.158. The van der Waals surface area contributed by atoms with Gasteiger partial charge in [0.15, 0.2) is 0 Å². The lowest BCUT2D eigenvalue weighted by Gasteiger charge is -2.11. The number of rotatable bonds is 8. The normalized spacial score (nSPS) is 15.4. The van der Waals surface area contributed by atoms with Crippen LogP contribution >= 0.6 is 0 Å². The molecule has 0 unspecified atom stereocenters. The summed E-state index contributed by atoms with van der Waals surface area (Å²) in [7, 11) is 1.56. The van der Waals surface area contributed by atoms with E-state index in [0.717, 1.165) is 10.5 Å². The van der Waals surface area contributed by atoms with Crippen LogP contribution in [0, 0.1) is 0 Å². The molecular formula is C17H21N3O5. The number of hydroxylamine groups is 1. The van der Waals surface area contributed by atoms with Crippen molar-refractivity contribution in [2.45, 2.75) is 25.7 Å². The van der Waals surface area contributed by atoms with Gasteiger partial charge < -0.3 is 10.1 Å². The maximum atomic E-state index is 12.3. The highest BCUT2D eigenvalue weighted by Crippen LogP contribution is 2.18. The number of amides is 4. The average molecular weight is 347 g/mol. The predicted molar refractivity (Wildman–Crippen MR) is 89.6 cm³/mol. The van der Waals surface area contributed by atoms with Crippen LogP contribution in [0.25, 0.3) is 6.08 Å². The third-order valence-corrected chi connectivity index (χ3v) is 3.78. The number of nitrogens with one attached hydrogen (secondary N) is 2. The molecule has 1 aliphatic rings. The van der Waals surface area contributed by atoms with Gasteiger partial charge in [0.05, 0.1) is 7.11 Å². The molecule has 2 rings (SSSR count). The van der Waals surface area contributed by atoms with Crippen molar-refractivity contribution in [3.05, 3.63) is 35.5 Å². The summed E-state index contributed by atoms with van der Waals surface area (Å²) in [6, 6.07) is 6.71. The summed E-state index contributed by atoms with van der Waals surface area (Å²) in [5, 5.41) is 11.0. The Labute approximate surface area is 145 Å². The second-order valence-electron chi connectivity index (χ2n) is 5.57. The van der Waals surface area contributed by atoms with Crippen LogP contribution in [0.2, 0.25) is 0 Å². The first-order valence-corrected chi connectivity index (χ1v) is 7.96. The zero-order chi connectivity index (χ0) is 18.2. The van der Waals surface area contributed by atoms with E-state index in [4.69, 9.17) is 9.94 Å². The van der Waals surface area contributed by atoms with Crippen molar-refractivity contribution in [3.8, 4) is 5.75 Å². The molecule has 0 aliphatic carbocycles. The molecule has 1 heterocycles. The van der Waals surface area contributed by atoms with Crippen LogP contribution in [0.3, 0.4) is 0 Å². The van der Waals surface area contributed by atoms with Gasteiger partial charge in [-0.05, 0) is 36.6 Å². The van der Waals surface area contributed by atoms with Gasteiger partial charge >= 0.3 is 6.03 Å². The van der Waals surface area contributed by atoms with Crippen molar-refractivity contribution in [1.82, 2.24) is 15.7 Å². The molecular weight excluding hydrogens is 326 g/mol. The first-order valence-electron chi connectivity index (χ1n) is 7.96. The molecule has 8 nitrogen and oxygen atoms in total. The van der Waals surface area contributed by atoms with Crippen LogP contribution in [0.1, 0.15) is 31.2 Å². The van der Waals surface area contributed by atoms with Gasteiger partial charge in [-0.1, -0.05) is 18.6 Å². The second-order valence-corrected chi connectivity index (χ2v) is 5.57. The van der Waals surface area contributed by atoms with Crippen LogP contribution < -0.4 is 15.5 Å². The average Bonchev–Trinajstić information content (AvgIpc) is 2.88. The number of imide groups is 1. The molecule has 1 aromatic rings. The van der Waals surface area contributed by atoms with E-state index in [1.165, 1.54) is 0 Å². The Hall–Kier alpha value is -2.87. The van der Waals surface area contributed by atoms with Gasteiger partial charge in [0.1, 0.15) is 11.4 Å². The molecule has 3 N–H and O–H groups in total. The Bertz CT molecular complexity index is 687. The summed E-state index contributed by atoms with van der Waals surface area (Å²) in [5.41, 5.74) is 2.53. The second kappa shape index (κ2) is 8.84. The fraction of sp³-hybridized carbons (Fsp3) is 0.353. The first-order chi connectivity index (χ1) is 12.0. The van der Waals surface area contributed by atoms with Crippen LogP contribution in [0.5, 0.6) is 5.75 Å². The lowest BCUT2D eigenvalue weighted by atomic mass is 10.1. The Morgan fingerprint density at radius 1 is 1.32 bits per heavy atom. The van der Waals surface area contributed by atoms with E-state index < -0.39 is 11.9 Å². The van der Waals surface area contributed by atoms with E-state index in [1.54, 1.807) is 36.9 Å². The highest BCUT2D eigenvalue weighted by atomic mass is 16.5. The summed E-state index contributed by atoms with van der Waals surface area (Å²) in [6.45, 7) is 0.279. The lowest BCUT2D eigenvalue weighted by molar-refractivity contribution is -0.129. The molecule has 0 radical (unpaired) electrons. The number of benzene rings is 1. The maximum absolute atomic E-state index is 12.3. The van der Waals surface area contributed by atoms with E-state index in [0.29, 0.717) is 25.0 Å². The van der Waals surface area contributed by atoms with Crippen molar-refractivity contribution in [1.29, 1.82) is 0 Å². The van der Waals surface area contributed by atoms with Crippen molar-refractivity contribution < 1.29 is 24.3 Å². The van der Waals surface area contributed by atoms with Crippen LogP contribution in [-0.4, -0.2) is 41.6 Å². The van der Waals surface area contributed by atoms with Crippen LogP contribution in [-0.2, 0) is 9.59 Å². The minimum absolute atomic E-state index is 0.206. The van der Waals surface area contributed by atoms with Crippen molar-refractivity contribution in [3.63, 3.8) is 0 Å². The van der Waals surface area contributed by atoms with Gasteiger partial charge in [0, 0.05) is 13.0 Å². The molecule has 1 aliphatic heterocycles. The van der Waals surface area contributed by atoms with E-state index in [9.17, 15) is 14.4 Å². The van der Waals surface area contributed by atoms with E-state index in [1.807, 2.05) is 6.07 Å². The monoisotopic (exact) mass is 347 g/mol. The minimum Gasteiger partial charge on any atom is -0.497 e. The Morgan fingerprint density at radius 2 is 2.12 bits per heavy atom. The molecule has 0 spiro atoms. The maximum Gasteiger partial charge on any atom is 0.329 e. The third-order valence-electron chi connectivity index (χ3n) is 3.78. The van der Waals surface area contributed by atoms with Crippen molar-refractivity contribution >= 4 is 23.9 Å². The van der Waals surface area contributed by atoms with Crippen LogP contribution in [0.15, 0.2) is 30.0 Å².